The molecule has 1 rings (SSSR count). The lowest BCUT2D eigenvalue weighted by Gasteiger charge is -2.42. The Labute approximate surface area is 131 Å². The maximum absolute atomic E-state index is 10.1. The van der Waals surface area contributed by atoms with Gasteiger partial charge < -0.3 is 9.84 Å². The van der Waals surface area contributed by atoms with Crippen LogP contribution in [0.3, 0.4) is 0 Å². The topological polar surface area (TPSA) is 35.9 Å². The Kier molecular flexibility index (Phi) is 7.62. The van der Waals surface area contributed by atoms with Gasteiger partial charge in [-0.2, -0.15) is 0 Å². The molecule has 4 nitrogen and oxygen atoms in total. The highest BCUT2D eigenvalue weighted by atomic mass is 16.5. The quantitative estimate of drug-likeness (QED) is 0.781. The molecular formula is C17H36N2O2. The highest BCUT2D eigenvalue weighted by Gasteiger charge is 2.26. The third-order valence-electron chi connectivity index (χ3n) is 4.62. The van der Waals surface area contributed by atoms with E-state index in [0.29, 0.717) is 18.4 Å². The van der Waals surface area contributed by atoms with Gasteiger partial charge in [-0.15, -0.1) is 0 Å². The van der Waals surface area contributed by atoms with Crippen molar-refractivity contribution in [2.24, 2.45) is 11.8 Å². The molecule has 0 saturated carbocycles. The zero-order valence-electron chi connectivity index (χ0n) is 14.9. The Balaban J connectivity index is 2.17. The van der Waals surface area contributed by atoms with Crippen LogP contribution in [0.1, 0.15) is 41.5 Å². The first-order valence-electron chi connectivity index (χ1n) is 8.43. The van der Waals surface area contributed by atoms with Gasteiger partial charge in [0.1, 0.15) is 0 Å². The summed E-state index contributed by atoms with van der Waals surface area (Å²) >= 11 is 0. The van der Waals surface area contributed by atoms with Crippen LogP contribution in [0.2, 0.25) is 0 Å². The van der Waals surface area contributed by atoms with Crippen molar-refractivity contribution in [3.8, 4) is 0 Å². The van der Waals surface area contributed by atoms with Gasteiger partial charge in [-0.05, 0) is 32.6 Å². The zero-order chi connectivity index (χ0) is 16.0. The lowest BCUT2D eigenvalue weighted by molar-refractivity contribution is -0.0121. The molecule has 0 radical (unpaired) electrons. The lowest BCUT2D eigenvalue weighted by Crippen LogP contribution is -2.54. The number of aliphatic hydroxyl groups is 1. The zero-order valence-corrected chi connectivity index (χ0v) is 14.9. The van der Waals surface area contributed by atoms with E-state index in [4.69, 9.17) is 4.74 Å². The van der Waals surface area contributed by atoms with Crippen LogP contribution in [0.5, 0.6) is 0 Å². The van der Waals surface area contributed by atoms with Gasteiger partial charge in [0.2, 0.25) is 0 Å². The summed E-state index contributed by atoms with van der Waals surface area (Å²) in [5.74, 6) is 1.18. The summed E-state index contributed by atoms with van der Waals surface area (Å²) in [7, 11) is 0. The normalized spacial score (nSPS) is 21.7. The van der Waals surface area contributed by atoms with E-state index >= 15 is 0 Å². The van der Waals surface area contributed by atoms with E-state index < -0.39 is 0 Å². The standard InChI is InChI=1S/C17H36N2O2/c1-14(2)15(3)12-21-13-16(20)11-18-7-9-19(10-8-18)17(4,5)6/h14-16,20H,7-13H2,1-6H3/t15-,16+/m1/s1. The first-order valence-corrected chi connectivity index (χ1v) is 8.43. The third-order valence-corrected chi connectivity index (χ3v) is 4.62. The van der Waals surface area contributed by atoms with E-state index in [1.54, 1.807) is 0 Å². The van der Waals surface area contributed by atoms with Gasteiger partial charge >= 0.3 is 0 Å². The third kappa shape index (κ3) is 7.09. The van der Waals surface area contributed by atoms with Crippen molar-refractivity contribution >= 4 is 0 Å². The van der Waals surface area contributed by atoms with Crippen LogP contribution < -0.4 is 0 Å². The maximum Gasteiger partial charge on any atom is 0.0900 e. The van der Waals surface area contributed by atoms with E-state index in [-0.39, 0.29) is 11.6 Å². The monoisotopic (exact) mass is 300 g/mol. The summed E-state index contributed by atoms with van der Waals surface area (Å²) in [6, 6.07) is 0. The molecule has 2 atom stereocenters. The highest BCUT2D eigenvalue weighted by molar-refractivity contribution is 4.82. The van der Waals surface area contributed by atoms with Crippen molar-refractivity contribution < 1.29 is 9.84 Å². The molecule has 1 fully saturated rings. The van der Waals surface area contributed by atoms with Crippen LogP contribution >= 0.6 is 0 Å². The van der Waals surface area contributed by atoms with Gasteiger partial charge in [-0.25, -0.2) is 0 Å². The molecule has 1 aliphatic heterocycles. The molecule has 0 aliphatic carbocycles. The smallest absolute Gasteiger partial charge is 0.0900 e. The Morgan fingerprint density at radius 1 is 1.00 bits per heavy atom. The van der Waals surface area contributed by atoms with E-state index in [0.717, 1.165) is 39.3 Å². The van der Waals surface area contributed by atoms with Crippen LogP contribution in [0.4, 0.5) is 0 Å². The minimum absolute atomic E-state index is 0.251. The second-order valence-corrected chi connectivity index (χ2v) is 7.87. The van der Waals surface area contributed by atoms with Gasteiger partial charge in [-0.1, -0.05) is 20.8 Å². The van der Waals surface area contributed by atoms with Crippen molar-refractivity contribution in [1.29, 1.82) is 0 Å². The van der Waals surface area contributed by atoms with E-state index in [9.17, 15) is 5.11 Å². The minimum atomic E-state index is -0.370. The molecular weight excluding hydrogens is 264 g/mol. The van der Waals surface area contributed by atoms with Crippen LogP contribution in [-0.4, -0.2) is 72.5 Å². The summed E-state index contributed by atoms with van der Waals surface area (Å²) in [6.45, 7) is 19.6. The maximum atomic E-state index is 10.1. The number of ether oxygens (including phenoxy) is 1. The molecule has 0 aromatic carbocycles. The van der Waals surface area contributed by atoms with E-state index in [2.05, 4.69) is 51.3 Å². The molecule has 0 spiro atoms. The van der Waals surface area contributed by atoms with Gasteiger partial charge in [0.05, 0.1) is 12.7 Å². The summed E-state index contributed by atoms with van der Waals surface area (Å²) < 4.78 is 5.65. The highest BCUT2D eigenvalue weighted by Crippen LogP contribution is 2.16. The Bertz CT molecular complexity index is 281. The minimum Gasteiger partial charge on any atom is -0.389 e. The summed E-state index contributed by atoms with van der Waals surface area (Å²) in [5, 5.41) is 10.1. The number of β-amino-alcohol motifs (C(OH)–C–C–N with tert-alkyl or cyclic N) is 1. The number of nitrogens with zero attached hydrogens (tertiary/aromatic N) is 2. The predicted octanol–water partition coefficient (Wildman–Crippen LogP) is 2.07. The number of rotatable bonds is 7. The van der Waals surface area contributed by atoms with Gasteiger partial charge in [0.25, 0.3) is 0 Å². The van der Waals surface area contributed by atoms with Crippen LogP contribution in [0.15, 0.2) is 0 Å². The number of hydrogen-bond donors (Lipinski definition) is 1. The molecule has 1 heterocycles. The predicted molar refractivity (Wildman–Crippen MR) is 88.6 cm³/mol. The largest absolute Gasteiger partial charge is 0.389 e. The second-order valence-electron chi connectivity index (χ2n) is 7.87. The Morgan fingerprint density at radius 2 is 1.57 bits per heavy atom. The summed E-state index contributed by atoms with van der Waals surface area (Å²) in [4.78, 5) is 4.86. The van der Waals surface area contributed by atoms with Crippen LogP contribution in [0.25, 0.3) is 0 Å². The Hall–Kier alpha value is -0.160. The van der Waals surface area contributed by atoms with Gasteiger partial charge in [-0.3, -0.25) is 9.80 Å². The van der Waals surface area contributed by atoms with Crippen molar-refractivity contribution in [2.45, 2.75) is 53.2 Å². The fourth-order valence-corrected chi connectivity index (χ4v) is 2.53. The van der Waals surface area contributed by atoms with E-state index in [1.807, 2.05) is 0 Å². The first-order chi connectivity index (χ1) is 9.70. The molecule has 1 N–H and O–H groups in total. The van der Waals surface area contributed by atoms with Crippen molar-refractivity contribution in [1.82, 2.24) is 9.80 Å². The van der Waals surface area contributed by atoms with Gasteiger partial charge in [0.15, 0.2) is 0 Å². The number of aliphatic hydroxyl groups excluding tert-OH is 1. The molecule has 0 unspecified atom stereocenters. The molecule has 0 amide bonds. The van der Waals surface area contributed by atoms with E-state index in [1.165, 1.54) is 0 Å². The van der Waals surface area contributed by atoms with Gasteiger partial charge in [0, 0.05) is 44.9 Å². The number of hydrogen-bond acceptors (Lipinski definition) is 4. The fraction of sp³-hybridized carbons (Fsp3) is 1.00. The van der Waals surface area contributed by atoms with Crippen molar-refractivity contribution in [3.63, 3.8) is 0 Å². The molecule has 0 aromatic heterocycles. The molecule has 126 valence electrons. The summed E-state index contributed by atoms with van der Waals surface area (Å²) in [5.41, 5.74) is 0.251. The number of piperazine rings is 1. The molecule has 4 heteroatoms. The Morgan fingerprint density at radius 3 is 2.05 bits per heavy atom. The average Bonchev–Trinajstić information content (AvgIpc) is 2.38. The molecule has 1 aliphatic rings. The van der Waals surface area contributed by atoms with Crippen molar-refractivity contribution in [3.05, 3.63) is 0 Å². The fourth-order valence-electron chi connectivity index (χ4n) is 2.53. The van der Waals surface area contributed by atoms with Crippen molar-refractivity contribution in [2.75, 3.05) is 45.9 Å². The van der Waals surface area contributed by atoms with Crippen LogP contribution in [-0.2, 0) is 4.74 Å². The average molecular weight is 300 g/mol. The van der Waals surface area contributed by atoms with Crippen LogP contribution in [0, 0.1) is 11.8 Å². The lowest BCUT2D eigenvalue weighted by atomic mass is 9.99. The summed E-state index contributed by atoms with van der Waals surface area (Å²) in [6.07, 6.45) is -0.370. The molecule has 0 aromatic rings. The first kappa shape index (κ1) is 18.9. The molecule has 1 saturated heterocycles. The molecule has 0 bridgehead atoms. The second kappa shape index (κ2) is 8.47. The SMILES string of the molecule is CC(C)[C@H](C)COC[C@@H](O)CN1CCN(C(C)(C)C)CC1. The molecule has 21 heavy (non-hydrogen) atoms.